The Hall–Kier alpha value is -1.92. The van der Waals surface area contributed by atoms with E-state index in [0.29, 0.717) is 19.0 Å². The molecule has 0 radical (unpaired) electrons. The van der Waals surface area contributed by atoms with Crippen LogP contribution in [0.15, 0.2) is 24.3 Å². The van der Waals surface area contributed by atoms with Gasteiger partial charge in [0.05, 0.1) is 13.1 Å². The van der Waals surface area contributed by atoms with Crippen LogP contribution in [0.1, 0.15) is 58.9 Å². The van der Waals surface area contributed by atoms with Crippen molar-refractivity contribution in [3.05, 3.63) is 29.8 Å². The quantitative estimate of drug-likeness (QED) is 0.526. The van der Waals surface area contributed by atoms with Gasteiger partial charge in [-0.3, -0.25) is 9.59 Å². The Balaban J connectivity index is 1.77. The maximum atomic E-state index is 12.5. The minimum Gasteiger partial charge on any atom is -0.347 e. The zero-order valence-corrected chi connectivity index (χ0v) is 18.9. The average molecular weight is 405 g/mol. The average Bonchev–Trinajstić information content (AvgIpc) is 2.85. The molecule has 0 bridgehead atoms. The standard InChI is InChI=1S/C23H38N4O2/c1-6-18(2)19-8-10-20(11-9-19)24-21(28)16-26-12-7-13-27(15-14-26)17-22(29)25-23(3,4)5/h8-11,18H,6-7,12-17H2,1-5H3,(H,24,28)(H,25,29)/p+2/t18-/m0/s1. The summed E-state index contributed by atoms with van der Waals surface area (Å²) >= 11 is 0. The number of nitrogens with one attached hydrogen (secondary N) is 4. The van der Waals surface area contributed by atoms with E-state index >= 15 is 0 Å². The minimum absolute atomic E-state index is 0.0604. The zero-order valence-electron chi connectivity index (χ0n) is 18.9. The first kappa shape index (κ1) is 23.4. The van der Waals surface area contributed by atoms with Gasteiger partial charge in [-0.25, -0.2) is 0 Å². The summed E-state index contributed by atoms with van der Waals surface area (Å²) in [6.07, 6.45) is 2.14. The fourth-order valence-electron chi connectivity index (χ4n) is 3.80. The lowest BCUT2D eigenvalue weighted by Crippen LogP contribution is -3.18. The summed E-state index contributed by atoms with van der Waals surface area (Å²) in [5.41, 5.74) is 1.98. The maximum Gasteiger partial charge on any atom is 0.279 e. The van der Waals surface area contributed by atoms with Gasteiger partial charge in [0.2, 0.25) is 0 Å². The molecule has 1 aliphatic rings. The van der Waals surface area contributed by atoms with E-state index < -0.39 is 0 Å². The van der Waals surface area contributed by atoms with Gasteiger partial charge in [-0.05, 0) is 50.8 Å². The smallest absolute Gasteiger partial charge is 0.279 e. The van der Waals surface area contributed by atoms with Crippen LogP contribution in [0.3, 0.4) is 0 Å². The van der Waals surface area contributed by atoms with Gasteiger partial charge in [0, 0.05) is 17.6 Å². The van der Waals surface area contributed by atoms with Crippen LogP contribution in [0.25, 0.3) is 0 Å². The molecule has 1 heterocycles. The van der Waals surface area contributed by atoms with Gasteiger partial charge in [0.1, 0.15) is 13.1 Å². The van der Waals surface area contributed by atoms with Crippen LogP contribution in [0, 0.1) is 0 Å². The van der Waals surface area contributed by atoms with Gasteiger partial charge in [0.25, 0.3) is 11.8 Å². The number of carbonyl (C=O) groups excluding carboxylic acids is 2. The molecule has 2 rings (SSSR count). The van der Waals surface area contributed by atoms with E-state index in [2.05, 4.69) is 36.6 Å². The summed E-state index contributed by atoms with van der Waals surface area (Å²) in [6.45, 7) is 15.2. The summed E-state index contributed by atoms with van der Waals surface area (Å²) in [5.74, 6) is 0.706. The topological polar surface area (TPSA) is 67.1 Å². The van der Waals surface area contributed by atoms with E-state index in [0.717, 1.165) is 44.7 Å². The van der Waals surface area contributed by atoms with Crippen molar-refractivity contribution in [2.24, 2.45) is 0 Å². The van der Waals surface area contributed by atoms with E-state index in [1.165, 1.54) is 15.4 Å². The second-order valence-electron chi connectivity index (χ2n) is 9.48. The molecule has 0 spiro atoms. The van der Waals surface area contributed by atoms with E-state index in [1.54, 1.807) is 0 Å². The molecular formula is C23H40N4O2+2. The van der Waals surface area contributed by atoms with Crippen LogP contribution >= 0.6 is 0 Å². The third-order valence-corrected chi connectivity index (χ3v) is 5.60. The fourth-order valence-corrected chi connectivity index (χ4v) is 3.80. The lowest BCUT2D eigenvalue weighted by Gasteiger charge is -2.22. The highest BCUT2D eigenvalue weighted by Gasteiger charge is 2.25. The Labute approximate surface area is 176 Å². The summed E-state index contributed by atoms with van der Waals surface area (Å²) in [4.78, 5) is 27.3. The second kappa shape index (κ2) is 10.7. The molecule has 3 atom stereocenters. The molecule has 2 unspecified atom stereocenters. The van der Waals surface area contributed by atoms with E-state index in [4.69, 9.17) is 0 Å². The highest BCUT2D eigenvalue weighted by molar-refractivity contribution is 5.91. The maximum absolute atomic E-state index is 12.5. The van der Waals surface area contributed by atoms with Crippen molar-refractivity contribution in [1.82, 2.24) is 5.32 Å². The highest BCUT2D eigenvalue weighted by atomic mass is 16.2. The molecule has 1 aliphatic heterocycles. The fraction of sp³-hybridized carbons (Fsp3) is 0.652. The van der Waals surface area contributed by atoms with Crippen LogP contribution in [-0.4, -0.2) is 56.6 Å². The normalized spacial score (nSPS) is 21.1. The molecule has 0 saturated carbocycles. The number of anilines is 1. The first-order valence-corrected chi connectivity index (χ1v) is 11.0. The zero-order chi connectivity index (χ0) is 21.4. The Morgan fingerprint density at radius 2 is 1.52 bits per heavy atom. The molecule has 6 nitrogen and oxygen atoms in total. The Bertz CT molecular complexity index is 666. The Morgan fingerprint density at radius 3 is 2.03 bits per heavy atom. The second-order valence-corrected chi connectivity index (χ2v) is 9.48. The van der Waals surface area contributed by atoms with Crippen molar-refractivity contribution in [1.29, 1.82) is 0 Å². The van der Waals surface area contributed by atoms with Crippen LogP contribution in [0.5, 0.6) is 0 Å². The number of benzene rings is 1. The van der Waals surface area contributed by atoms with Crippen molar-refractivity contribution in [3.63, 3.8) is 0 Å². The molecule has 1 aromatic carbocycles. The lowest BCUT2D eigenvalue weighted by molar-refractivity contribution is -0.930. The largest absolute Gasteiger partial charge is 0.347 e. The monoisotopic (exact) mass is 404 g/mol. The minimum atomic E-state index is -0.190. The van der Waals surface area contributed by atoms with Crippen LogP contribution in [0.2, 0.25) is 0 Å². The third-order valence-electron chi connectivity index (χ3n) is 5.60. The Kier molecular flexibility index (Phi) is 8.65. The number of amides is 2. The van der Waals surface area contributed by atoms with Gasteiger partial charge >= 0.3 is 0 Å². The predicted molar refractivity (Wildman–Crippen MR) is 117 cm³/mol. The van der Waals surface area contributed by atoms with E-state index in [9.17, 15) is 9.59 Å². The van der Waals surface area contributed by atoms with Gasteiger partial charge in [0.15, 0.2) is 13.1 Å². The van der Waals surface area contributed by atoms with Crippen molar-refractivity contribution < 1.29 is 19.4 Å². The van der Waals surface area contributed by atoms with Gasteiger partial charge in [-0.1, -0.05) is 26.0 Å². The van der Waals surface area contributed by atoms with Gasteiger partial charge in [-0.15, -0.1) is 0 Å². The van der Waals surface area contributed by atoms with Crippen molar-refractivity contribution in [3.8, 4) is 0 Å². The first-order valence-electron chi connectivity index (χ1n) is 11.0. The van der Waals surface area contributed by atoms with Gasteiger partial charge in [-0.2, -0.15) is 0 Å². The number of carbonyl (C=O) groups is 2. The number of hydrogen-bond acceptors (Lipinski definition) is 2. The molecule has 0 aliphatic carbocycles. The molecule has 1 fully saturated rings. The first-order chi connectivity index (χ1) is 13.7. The molecular weight excluding hydrogens is 364 g/mol. The van der Waals surface area contributed by atoms with Crippen molar-refractivity contribution >= 4 is 17.5 Å². The summed E-state index contributed by atoms with van der Waals surface area (Å²) in [6, 6.07) is 8.20. The van der Waals surface area contributed by atoms with Crippen molar-refractivity contribution in [2.75, 3.05) is 44.6 Å². The third kappa shape index (κ3) is 8.54. The summed E-state index contributed by atoms with van der Waals surface area (Å²) in [5, 5.41) is 6.07. The molecule has 2 amide bonds. The molecule has 1 aromatic rings. The van der Waals surface area contributed by atoms with E-state index in [-0.39, 0.29) is 17.4 Å². The number of quaternary nitrogens is 2. The lowest BCUT2D eigenvalue weighted by atomic mass is 9.99. The molecule has 0 aromatic heterocycles. The summed E-state index contributed by atoms with van der Waals surface area (Å²) in [7, 11) is 0. The van der Waals surface area contributed by atoms with E-state index in [1.807, 2.05) is 32.9 Å². The predicted octanol–water partition coefficient (Wildman–Crippen LogP) is 0.227. The molecule has 29 heavy (non-hydrogen) atoms. The highest BCUT2D eigenvalue weighted by Crippen LogP contribution is 2.20. The van der Waals surface area contributed by atoms with Crippen molar-refractivity contribution in [2.45, 2.75) is 58.9 Å². The number of hydrogen-bond donors (Lipinski definition) is 4. The van der Waals surface area contributed by atoms with Crippen LogP contribution < -0.4 is 20.4 Å². The molecule has 6 heteroatoms. The summed E-state index contributed by atoms with van der Waals surface area (Å²) < 4.78 is 0. The Morgan fingerprint density at radius 1 is 0.966 bits per heavy atom. The van der Waals surface area contributed by atoms with Crippen LogP contribution in [-0.2, 0) is 9.59 Å². The SMILES string of the molecule is CC[C@H](C)c1ccc(NC(=O)C[NH+]2CCC[NH+](CC(=O)NC(C)(C)C)CC2)cc1. The molecule has 162 valence electrons. The molecule has 1 saturated heterocycles. The number of rotatable bonds is 7. The van der Waals surface area contributed by atoms with Gasteiger partial charge < -0.3 is 20.4 Å². The molecule has 4 N–H and O–H groups in total. The van der Waals surface area contributed by atoms with Crippen LogP contribution in [0.4, 0.5) is 5.69 Å².